The van der Waals surface area contributed by atoms with Gasteiger partial charge in [-0.15, -0.1) is 11.8 Å². The number of rotatable bonds is 3. The molecule has 3 nitrogen and oxygen atoms in total. The zero-order valence-electron chi connectivity index (χ0n) is 12.2. The van der Waals surface area contributed by atoms with Crippen LogP contribution in [0.4, 0.5) is 0 Å². The highest BCUT2D eigenvalue weighted by Crippen LogP contribution is 2.35. The summed E-state index contributed by atoms with van der Waals surface area (Å²) in [5.41, 5.74) is -0.102. The van der Waals surface area contributed by atoms with E-state index in [1.165, 1.54) is 0 Å². The number of ketones is 1. The van der Waals surface area contributed by atoms with Crippen LogP contribution in [-0.4, -0.2) is 23.8 Å². The van der Waals surface area contributed by atoms with E-state index in [1.54, 1.807) is 0 Å². The first-order valence-corrected chi connectivity index (χ1v) is 7.22. The molecular formula is C16H23NO2. The maximum atomic E-state index is 11.9. The van der Waals surface area contributed by atoms with Gasteiger partial charge in [0.2, 0.25) is 0 Å². The summed E-state index contributed by atoms with van der Waals surface area (Å²) in [7, 11) is 0. The third-order valence-electron chi connectivity index (χ3n) is 3.82. The Balaban J connectivity index is 1.97. The van der Waals surface area contributed by atoms with Gasteiger partial charge in [-0.25, -0.2) is 4.99 Å². The lowest BCUT2D eigenvalue weighted by molar-refractivity contribution is -0.121. The van der Waals surface area contributed by atoms with Gasteiger partial charge in [0, 0.05) is 31.6 Å². The fourth-order valence-electron chi connectivity index (χ4n) is 2.80. The van der Waals surface area contributed by atoms with Gasteiger partial charge in [0.1, 0.15) is 12.4 Å². The average molecular weight is 261 g/mol. The van der Waals surface area contributed by atoms with E-state index in [4.69, 9.17) is 4.74 Å². The molecule has 0 amide bonds. The van der Waals surface area contributed by atoms with E-state index in [2.05, 4.69) is 30.7 Å². The lowest BCUT2D eigenvalue weighted by Gasteiger charge is -2.15. The van der Waals surface area contributed by atoms with Gasteiger partial charge in [-0.05, 0) is 26.2 Å². The highest BCUT2D eigenvalue weighted by molar-refractivity contribution is 5.85. The van der Waals surface area contributed by atoms with Gasteiger partial charge in [-0.3, -0.25) is 4.79 Å². The van der Waals surface area contributed by atoms with Crippen LogP contribution in [0.15, 0.2) is 4.99 Å². The predicted octanol–water partition coefficient (Wildman–Crippen LogP) is 2.98. The zero-order chi connectivity index (χ0) is 13.9. The number of aliphatic imine (C=N–C) groups is 1. The fourth-order valence-corrected chi connectivity index (χ4v) is 2.80. The molecule has 104 valence electrons. The van der Waals surface area contributed by atoms with Gasteiger partial charge in [-0.1, -0.05) is 6.92 Å². The van der Waals surface area contributed by atoms with Crippen LogP contribution in [0.3, 0.4) is 0 Å². The molecule has 3 heteroatoms. The van der Waals surface area contributed by atoms with Crippen LogP contribution in [0.2, 0.25) is 0 Å². The van der Waals surface area contributed by atoms with E-state index in [0.717, 1.165) is 25.2 Å². The van der Waals surface area contributed by atoms with Gasteiger partial charge in [0.25, 0.3) is 0 Å². The standard InChI is InChI=1S/C16H23NO2/c1-4-5-6-7-13-12(8-9-14(13)18)10-15-17-16(2,3)11-19-15/h12-13H,4,7-11H2,1-3H3. The normalized spacial score (nSPS) is 28.6. The monoisotopic (exact) mass is 261 g/mol. The third kappa shape index (κ3) is 3.59. The molecule has 0 saturated heterocycles. The van der Waals surface area contributed by atoms with Crippen LogP contribution in [0.1, 0.15) is 52.9 Å². The zero-order valence-corrected chi connectivity index (χ0v) is 12.2. The number of nitrogens with zero attached hydrogens (tertiary/aromatic N) is 1. The first-order chi connectivity index (χ1) is 9.02. The Kier molecular flexibility index (Phi) is 4.29. The van der Waals surface area contributed by atoms with Crippen LogP contribution < -0.4 is 0 Å². The molecule has 0 spiro atoms. The molecule has 0 aromatic heterocycles. The number of hydrogen-bond donors (Lipinski definition) is 0. The molecule has 0 bridgehead atoms. The topological polar surface area (TPSA) is 38.7 Å². The van der Waals surface area contributed by atoms with Crippen LogP contribution in [0, 0.1) is 23.7 Å². The van der Waals surface area contributed by atoms with E-state index in [-0.39, 0.29) is 11.5 Å². The molecule has 2 rings (SSSR count). The second-order valence-corrected chi connectivity index (χ2v) is 6.09. The number of ether oxygens (including phenoxy) is 1. The molecule has 0 radical (unpaired) electrons. The Morgan fingerprint density at radius 2 is 2.21 bits per heavy atom. The van der Waals surface area contributed by atoms with Crippen molar-refractivity contribution in [3.8, 4) is 11.8 Å². The smallest absolute Gasteiger partial charge is 0.184 e. The van der Waals surface area contributed by atoms with Crippen LogP contribution >= 0.6 is 0 Å². The molecule has 0 N–H and O–H groups in total. The molecule has 0 aromatic carbocycles. The molecule has 1 heterocycles. The quantitative estimate of drug-likeness (QED) is 0.733. The fraction of sp³-hybridized carbons (Fsp3) is 0.750. The number of Topliss-reactive ketones (excluding diaryl/α,β-unsaturated/α-hetero) is 1. The molecule has 19 heavy (non-hydrogen) atoms. The summed E-state index contributed by atoms with van der Waals surface area (Å²) in [5, 5.41) is 0. The summed E-state index contributed by atoms with van der Waals surface area (Å²) in [5.74, 6) is 7.85. The van der Waals surface area contributed by atoms with Gasteiger partial charge in [0.15, 0.2) is 5.90 Å². The molecule has 1 fully saturated rings. The third-order valence-corrected chi connectivity index (χ3v) is 3.82. The molecule has 1 aliphatic heterocycles. The average Bonchev–Trinajstić information content (AvgIpc) is 2.85. The van der Waals surface area contributed by atoms with Crippen molar-refractivity contribution in [3.05, 3.63) is 0 Å². The van der Waals surface area contributed by atoms with Gasteiger partial charge < -0.3 is 4.74 Å². The van der Waals surface area contributed by atoms with Crippen LogP contribution in [-0.2, 0) is 9.53 Å². The number of carbonyl (C=O) groups excluding carboxylic acids is 1. The number of carbonyl (C=O) groups is 1. The lowest BCUT2D eigenvalue weighted by atomic mass is 9.90. The van der Waals surface area contributed by atoms with Crippen molar-refractivity contribution < 1.29 is 9.53 Å². The summed E-state index contributed by atoms with van der Waals surface area (Å²) in [6.07, 6.45) is 4.01. The first kappa shape index (κ1) is 14.1. The molecule has 2 atom stereocenters. The van der Waals surface area contributed by atoms with E-state index in [1.807, 2.05) is 6.92 Å². The van der Waals surface area contributed by atoms with Gasteiger partial charge >= 0.3 is 0 Å². The van der Waals surface area contributed by atoms with Crippen LogP contribution in [0.5, 0.6) is 0 Å². The predicted molar refractivity (Wildman–Crippen MR) is 76.0 cm³/mol. The molecule has 1 saturated carbocycles. The van der Waals surface area contributed by atoms with E-state index in [9.17, 15) is 4.79 Å². The SMILES string of the molecule is CCC#CCC1C(=O)CCC1CC1=NC(C)(C)CO1. The van der Waals surface area contributed by atoms with Gasteiger partial charge in [0.05, 0.1) is 5.54 Å². The summed E-state index contributed by atoms with van der Waals surface area (Å²) in [6, 6.07) is 0. The van der Waals surface area contributed by atoms with E-state index < -0.39 is 0 Å². The molecule has 2 unspecified atom stereocenters. The van der Waals surface area contributed by atoms with Crippen molar-refractivity contribution in [2.75, 3.05) is 6.61 Å². The van der Waals surface area contributed by atoms with Crippen LogP contribution in [0.25, 0.3) is 0 Å². The second kappa shape index (κ2) is 5.77. The molecule has 2 aliphatic rings. The summed E-state index contributed by atoms with van der Waals surface area (Å²) < 4.78 is 5.64. The van der Waals surface area contributed by atoms with E-state index >= 15 is 0 Å². The highest BCUT2D eigenvalue weighted by Gasteiger charge is 2.36. The van der Waals surface area contributed by atoms with Crippen molar-refractivity contribution in [1.82, 2.24) is 0 Å². The maximum Gasteiger partial charge on any atom is 0.184 e. The Morgan fingerprint density at radius 1 is 1.42 bits per heavy atom. The molecule has 1 aliphatic carbocycles. The van der Waals surface area contributed by atoms with Crippen molar-refractivity contribution in [2.45, 2.75) is 58.4 Å². The van der Waals surface area contributed by atoms with Crippen molar-refractivity contribution in [1.29, 1.82) is 0 Å². The summed E-state index contributed by atoms with van der Waals surface area (Å²) >= 11 is 0. The van der Waals surface area contributed by atoms with Gasteiger partial charge in [-0.2, -0.15) is 0 Å². The largest absolute Gasteiger partial charge is 0.478 e. The minimum atomic E-state index is -0.102. The summed E-state index contributed by atoms with van der Waals surface area (Å²) in [4.78, 5) is 16.5. The Hall–Kier alpha value is -1.30. The van der Waals surface area contributed by atoms with Crippen molar-refractivity contribution >= 4 is 11.7 Å². The minimum Gasteiger partial charge on any atom is -0.478 e. The Bertz CT molecular complexity index is 439. The maximum absolute atomic E-state index is 11.9. The Labute approximate surface area is 115 Å². The van der Waals surface area contributed by atoms with Crippen molar-refractivity contribution in [2.24, 2.45) is 16.8 Å². The Morgan fingerprint density at radius 3 is 2.84 bits per heavy atom. The van der Waals surface area contributed by atoms with E-state index in [0.29, 0.717) is 31.1 Å². The lowest BCUT2D eigenvalue weighted by Crippen LogP contribution is -2.17. The number of hydrogen-bond acceptors (Lipinski definition) is 3. The highest BCUT2D eigenvalue weighted by atomic mass is 16.5. The minimum absolute atomic E-state index is 0.0917. The first-order valence-electron chi connectivity index (χ1n) is 7.22. The molecular weight excluding hydrogens is 238 g/mol. The molecule has 0 aromatic rings. The summed E-state index contributed by atoms with van der Waals surface area (Å²) in [6.45, 7) is 6.83. The van der Waals surface area contributed by atoms with Crippen molar-refractivity contribution in [3.63, 3.8) is 0 Å². The second-order valence-electron chi connectivity index (χ2n) is 6.09.